The lowest BCUT2D eigenvalue weighted by Crippen LogP contribution is -2.21. The summed E-state index contributed by atoms with van der Waals surface area (Å²) in [7, 11) is 3.16. The van der Waals surface area contributed by atoms with Crippen LogP contribution in [0.4, 0.5) is 0 Å². The maximum Gasteiger partial charge on any atom is 0.244 e. The molecule has 1 aliphatic rings. The van der Waals surface area contributed by atoms with Crippen molar-refractivity contribution < 1.29 is 14.2 Å². The third kappa shape index (κ3) is 3.76. The van der Waals surface area contributed by atoms with Crippen LogP contribution in [0.1, 0.15) is 36.5 Å². The molecule has 0 saturated carbocycles. The van der Waals surface area contributed by atoms with Gasteiger partial charge in [-0.05, 0) is 35.6 Å². The maximum absolute atomic E-state index is 9.91. The molecule has 3 N–H and O–H groups in total. The summed E-state index contributed by atoms with van der Waals surface area (Å²) in [6.07, 6.45) is 1.01. The van der Waals surface area contributed by atoms with Gasteiger partial charge >= 0.3 is 0 Å². The molecule has 0 radical (unpaired) electrons. The highest BCUT2D eigenvalue weighted by Crippen LogP contribution is 2.47. The number of allylic oxidation sites excluding steroid dienone is 1. The molecule has 7 heteroatoms. The zero-order valence-corrected chi connectivity index (χ0v) is 18.6. The normalized spacial score (nSPS) is 15.2. The van der Waals surface area contributed by atoms with Crippen molar-refractivity contribution in [3.8, 4) is 34.7 Å². The van der Waals surface area contributed by atoms with Crippen molar-refractivity contribution in [1.82, 2.24) is 10.2 Å². The first-order valence-corrected chi connectivity index (χ1v) is 10.4. The Hall–Kier alpha value is -3.92. The number of hydrogen-bond donors (Lipinski definition) is 2. The first-order chi connectivity index (χ1) is 15.5. The van der Waals surface area contributed by atoms with Crippen molar-refractivity contribution in [3.05, 3.63) is 70.6 Å². The van der Waals surface area contributed by atoms with Crippen LogP contribution in [0.2, 0.25) is 0 Å². The van der Waals surface area contributed by atoms with Crippen LogP contribution in [0.25, 0.3) is 11.3 Å². The highest BCUT2D eigenvalue weighted by molar-refractivity contribution is 5.71. The van der Waals surface area contributed by atoms with Crippen LogP contribution in [-0.4, -0.2) is 24.4 Å². The van der Waals surface area contributed by atoms with E-state index in [1.54, 1.807) is 14.2 Å². The molecule has 32 heavy (non-hydrogen) atoms. The Morgan fingerprint density at radius 3 is 2.47 bits per heavy atom. The van der Waals surface area contributed by atoms with Gasteiger partial charge in [-0.25, -0.2) is 0 Å². The van der Waals surface area contributed by atoms with Crippen molar-refractivity contribution in [2.24, 2.45) is 11.7 Å². The monoisotopic (exact) mass is 430 g/mol. The lowest BCUT2D eigenvalue weighted by atomic mass is 9.83. The Bertz CT molecular complexity index is 1200. The molecule has 1 aromatic heterocycles. The van der Waals surface area contributed by atoms with E-state index < -0.39 is 5.92 Å². The zero-order chi connectivity index (χ0) is 22.8. The predicted octanol–water partition coefficient (Wildman–Crippen LogP) is 4.51. The molecule has 0 fully saturated rings. The van der Waals surface area contributed by atoms with E-state index in [-0.39, 0.29) is 5.88 Å². The third-order valence-corrected chi connectivity index (χ3v) is 5.57. The number of aromatic amines is 1. The Morgan fingerprint density at radius 1 is 1.12 bits per heavy atom. The summed E-state index contributed by atoms with van der Waals surface area (Å²) in [5.74, 6) is 1.69. The van der Waals surface area contributed by atoms with E-state index in [2.05, 4.69) is 54.4 Å². The number of nitrogens with two attached hydrogens (primary N) is 1. The van der Waals surface area contributed by atoms with E-state index in [0.29, 0.717) is 28.9 Å². The molecule has 1 aliphatic heterocycles. The van der Waals surface area contributed by atoms with Crippen LogP contribution in [0.15, 0.2) is 53.9 Å². The summed E-state index contributed by atoms with van der Waals surface area (Å²) < 4.78 is 16.6. The second-order valence-electron chi connectivity index (χ2n) is 8.15. The Kier molecular flexibility index (Phi) is 5.78. The van der Waals surface area contributed by atoms with Crippen molar-refractivity contribution in [1.29, 1.82) is 5.26 Å². The number of aromatic nitrogens is 2. The molecule has 0 spiro atoms. The van der Waals surface area contributed by atoms with Crippen LogP contribution < -0.4 is 19.9 Å². The average molecular weight is 431 g/mol. The summed E-state index contributed by atoms with van der Waals surface area (Å²) in [6, 6.07) is 16.1. The van der Waals surface area contributed by atoms with E-state index in [0.717, 1.165) is 28.8 Å². The molecule has 164 valence electrons. The molecule has 2 aromatic carbocycles. The largest absolute Gasteiger partial charge is 0.493 e. The highest BCUT2D eigenvalue weighted by atomic mass is 16.5. The molecular weight excluding hydrogens is 404 g/mol. The number of ether oxygens (including phenoxy) is 3. The molecule has 0 amide bonds. The summed E-state index contributed by atoms with van der Waals surface area (Å²) in [5.41, 5.74) is 11.0. The molecule has 4 rings (SSSR count). The van der Waals surface area contributed by atoms with Crippen molar-refractivity contribution in [2.45, 2.75) is 26.2 Å². The molecular formula is C25H26N4O3. The van der Waals surface area contributed by atoms with E-state index in [1.807, 2.05) is 18.2 Å². The summed E-state index contributed by atoms with van der Waals surface area (Å²) in [6.45, 7) is 4.40. The topological polar surface area (TPSA) is 106 Å². The van der Waals surface area contributed by atoms with Gasteiger partial charge in [-0.2, -0.15) is 5.26 Å². The number of nitrogens with one attached hydrogen (secondary N) is 1. The van der Waals surface area contributed by atoms with Crippen LogP contribution in [0, 0.1) is 17.2 Å². The second kappa shape index (κ2) is 8.67. The van der Waals surface area contributed by atoms with Gasteiger partial charge in [0.15, 0.2) is 11.5 Å². The molecule has 1 atom stereocenters. The Balaban J connectivity index is 1.84. The van der Waals surface area contributed by atoms with Crippen molar-refractivity contribution >= 4 is 0 Å². The third-order valence-electron chi connectivity index (χ3n) is 5.57. The molecule has 0 unspecified atom stereocenters. The van der Waals surface area contributed by atoms with Crippen molar-refractivity contribution in [2.75, 3.05) is 14.2 Å². The lowest BCUT2D eigenvalue weighted by molar-refractivity contribution is 0.354. The zero-order valence-electron chi connectivity index (χ0n) is 18.6. The lowest BCUT2D eigenvalue weighted by Gasteiger charge is -2.24. The standard InChI is InChI=1S/C25H26N4O3/c1-14(2)11-15-5-7-16(8-6-15)23-22-21(17-9-10-19(30-3)20(12-17)31-4)18(13-26)24(27)32-25(22)29-28-23/h5-10,12,14,21H,11,27H2,1-4H3,(H,28,29)/t21-/m1/s1. The molecule has 7 nitrogen and oxygen atoms in total. The minimum Gasteiger partial charge on any atom is -0.493 e. The number of nitrogens with zero attached hydrogens (tertiary/aromatic N) is 2. The number of methoxy groups -OCH3 is 2. The average Bonchev–Trinajstić information content (AvgIpc) is 3.21. The predicted molar refractivity (Wildman–Crippen MR) is 121 cm³/mol. The van der Waals surface area contributed by atoms with Crippen LogP contribution >= 0.6 is 0 Å². The van der Waals surface area contributed by atoms with Crippen LogP contribution in [-0.2, 0) is 6.42 Å². The number of H-pyrrole nitrogens is 1. The van der Waals surface area contributed by atoms with Gasteiger partial charge in [-0.15, -0.1) is 5.10 Å². The van der Waals surface area contributed by atoms with Gasteiger partial charge in [0.2, 0.25) is 11.8 Å². The first-order valence-electron chi connectivity index (χ1n) is 10.4. The van der Waals surface area contributed by atoms with Gasteiger partial charge in [0, 0.05) is 5.56 Å². The van der Waals surface area contributed by atoms with Gasteiger partial charge in [0.1, 0.15) is 11.6 Å². The van der Waals surface area contributed by atoms with Gasteiger partial charge in [-0.3, -0.25) is 5.10 Å². The number of nitriles is 1. The molecule has 0 aliphatic carbocycles. The minimum atomic E-state index is -0.465. The van der Waals surface area contributed by atoms with Crippen molar-refractivity contribution in [3.63, 3.8) is 0 Å². The van der Waals surface area contributed by atoms with Crippen LogP contribution in [0.5, 0.6) is 17.4 Å². The Labute approximate surface area is 187 Å². The fourth-order valence-corrected chi connectivity index (χ4v) is 4.11. The fraction of sp³-hybridized carbons (Fsp3) is 0.280. The molecule has 0 saturated heterocycles. The fourth-order valence-electron chi connectivity index (χ4n) is 4.11. The minimum absolute atomic E-state index is 0.0464. The number of rotatable bonds is 6. The molecule has 2 heterocycles. The van der Waals surface area contributed by atoms with E-state index in [1.165, 1.54) is 5.56 Å². The van der Waals surface area contributed by atoms with Gasteiger partial charge < -0.3 is 19.9 Å². The van der Waals surface area contributed by atoms with Gasteiger partial charge in [0.25, 0.3) is 0 Å². The van der Waals surface area contributed by atoms with E-state index in [9.17, 15) is 5.26 Å². The number of hydrogen-bond acceptors (Lipinski definition) is 6. The summed E-state index contributed by atoms with van der Waals surface area (Å²) >= 11 is 0. The number of benzene rings is 2. The maximum atomic E-state index is 9.91. The quantitative estimate of drug-likeness (QED) is 0.596. The smallest absolute Gasteiger partial charge is 0.244 e. The van der Waals surface area contributed by atoms with Gasteiger partial charge in [-0.1, -0.05) is 44.2 Å². The second-order valence-corrected chi connectivity index (χ2v) is 8.15. The van der Waals surface area contributed by atoms with Gasteiger partial charge in [0.05, 0.1) is 31.4 Å². The first kappa shape index (κ1) is 21.3. The van der Waals surface area contributed by atoms with E-state index in [4.69, 9.17) is 19.9 Å². The summed E-state index contributed by atoms with van der Waals surface area (Å²) in [5, 5.41) is 17.3. The summed E-state index contributed by atoms with van der Waals surface area (Å²) in [4.78, 5) is 0. The Morgan fingerprint density at radius 2 is 1.84 bits per heavy atom. The molecule has 3 aromatic rings. The number of fused-ring (bicyclic) bond motifs is 1. The molecule has 0 bridgehead atoms. The van der Waals surface area contributed by atoms with E-state index >= 15 is 0 Å². The van der Waals surface area contributed by atoms with Crippen LogP contribution in [0.3, 0.4) is 0 Å². The highest BCUT2D eigenvalue weighted by Gasteiger charge is 2.36. The SMILES string of the molecule is COc1ccc([C@@H]2C(C#N)=C(N)Oc3n[nH]c(-c4ccc(CC(C)C)cc4)c32)cc1OC.